The van der Waals surface area contributed by atoms with Gasteiger partial charge >= 0.3 is 0 Å². The van der Waals surface area contributed by atoms with Gasteiger partial charge in [0.25, 0.3) is 0 Å². The van der Waals surface area contributed by atoms with Crippen molar-refractivity contribution in [3.63, 3.8) is 0 Å². The van der Waals surface area contributed by atoms with Gasteiger partial charge in [0.1, 0.15) is 6.04 Å². The minimum Gasteiger partial charge on any atom is -0.383 e. The summed E-state index contributed by atoms with van der Waals surface area (Å²) in [5.74, 6) is 0.912. The predicted octanol–water partition coefficient (Wildman–Crippen LogP) is 2.13. The Kier molecular flexibility index (Phi) is 5.02. The summed E-state index contributed by atoms with van der Waals surface area (Å²) >= 11 is 5.91. The Morgan fingerprint density at radius 2 is 2.10 bits per heavy atom. The molecule has 1 aromatic carbocycles. The van der Waals surface area contributed by atoms with Crippen molar-refractivity contribution < 1.29 is 9.53 Å². The lowest BCUT2D eigenvalue weighted by molar-refractivity contribution is -0.124. The number of rotatable bonds is 6. The number of methoxy groups -OCH3 is 1. The number of benzene rings is 1. The van der Waals surface area contributed by atoms with Crippen LogP contribution >= 0.6 is 11.6 Å². The number of carbonyl (C=O) groups excluding carboxylic acids is 1. The topological polar surface area (TPSA) is 64.3 Å². The minimum atomic E-state index is -0.635. The van der Waals surface area contributed by atoms with Gasteiger partial charge in [-0.15, -0.1) is 0 Å². The molecule has 0 heterocycles. The first kappa shape index (κ1) is 15.3. The third-order valence-corrected chi connectivity index (χ3v) is 4.06. The van der Waals surface area contributed by atoms with Crippen LogP contribution in [0, 0.1) is 11.8 Å². The molecule has 3 N–H and O–H groups in total. The molecule has 0 aliphatic heterocycles. The van der Waals surface area contributed by atoms with E-state index >= 15 is 0 Å². The zero-order valence-corrected chi connectivity index (χ0v) is 12.6. The van der Waals surface area contributed by atoms with E-state index in [-0.39, 0.29) is 18.6 Å². The van der Waals surface area contributed by atoms with Gasteiger partial charge in [0, 0.05) is 12.1 Å². The number of carbonyl (C=O) groups is 1. The number of nitrogens with one attached hydrogen (secondary N) is 1. The molecule has 1 saturated carbocycles. The smallest absolute Gasteiger partial charge is 0.239 e. The third kappa shape index (κ3) is 3.72. The van der Waals surface area contributed by atoms with E-state index < -0.39 is 6.04 Å². The molecule has 1 aliphatic rings. The van der Waals surface area contributed by atoms with Crippen molar-refractivity contribution in [1.29, 1.82) is 0 Å². The van der Waals surface area contributed by atoms with E-state index in [0.29, 0.717) is 16.9 Å². The van der Waals surface area contributed by atoms with E-state index in [0.717, 1.165) is 12.0 Å². The maximum absolute atomic E-state index is 12.1. The second kappa shape index (κ2) is 6.57. The Morgan fingerprint density at radius 3 is 2.60 bits per heavy atom. The first-order chi connectivity index (χ1) is 9.52. The van der Waals surface area contributed by atoms with Crippen molar-refractivity contribution >= 4 is 17.5 Å². The summed E-state index contributed by atoms with van der Waals surface area (Å²) in [7, 11) is 1.53. The van der Waals surface area contributed by atoms with E-state index in [4.69, 9.17) is 22.1 Å². The molecule has 4 nitrogen and oxygen atoms in total. The van der Waals surface area contributed by atoms with E-state index in [1.807, 2.05) is 24.3 Å². The molecule has 0 bridgehead atoms. The molecule has 2 rings (SSSR count). The van der Waals surface area contributed by atoms with Crippen molar-refractivity contribution in [2.45, 2.75) is 25.4 Å². The zero-order chi connectivity index (χ0) is 14.7. The number of halogens is 1. The minimum absolute atomic E-state index is 0.00215. The standard InChI is InChI=1S/C15H21ClN2O2/c1-9-7-12(9)14(10-3-5-11(16)6-4-10)18-15(19)13(17)8-20-2/h3-6,9,12-14H,7-8,17H2,1-2H3,(H,18,19). The third-order valence-electron chi connectivity index (χ3n) is 3.81. The number of ether oxygens (including phenoxy) is 1. The van der Waals surface area contributed by atoms with Crippen molar-refractivity contribution in [2.75, 3.05) is 13.7 Å². The molecule has 4 unspecified atom stereocenters. The van der Waals surface area contributed by atoms with Crippen LogP contribution in [0.25, 0.3) is 0 Å². The molecule has 110 valence electrons. The van der Waals surface area contributed by atoms with Gasteiger partial charge in [-0.2, -0.15) is 0 Å². The van der Waals surface area contributed by atoms with Crippen LogP contribution in [0.1, 0.15) is 24.9 Å². The summed E-state index contributed by atoms with van der Waals surface area (Å²) in [4.78, 5) is 12.1. The fourth-order valence-corrected chi connectivity index (χ4v) is 2.56. The fraction of sp³-hybridized carbons (Fsp3) is 0.533. The summed E-state index contributed by atoms with van der Waals surface area (Å²) in [5, 5.41) is 3.74. The zero-order valence-electron chi connectivity index (χ0n) is 11.8. The van der Waals surface area contributed by atoms with Crippen molar-refractivity contribution in [2.24, 2.45) is 17.6 Å². The van der Waals surface area contributed by atoms with Gasteiger partial charge in [-0.25, -0.2) is 0 Å². The first-order valence-corrected chi connectivity index (χ1v) is 7.21. The predicted molar refractivity (Wildman–Crippen MR) is 79.5 cm³/mol. The largest absolute Gasteiger partial charge is 0.383 e. The van der Waals surface area contributed by atoms with Crippen LogP contribution in [0.5, 0.6) is 0 Å². The van der Waals surface area contributed by atoms with Crippen LogP contribution < -0.4 is 11.1 Å². The second-order valence-electron chi connectivity index (χ2n) is 5.48. The molecular weight excluding hydrogens is 276 g/mol. The normalized spacial score (nSPS) is 24.0. The fourth-order valence-electron chi connectivity index (χ4n) is 2.44. The maximum Gasteiger partial charge on any atom is 0.239 e. The average molecular weight is 297 g/mol. The summed E-state index contributed by atoms with van der Waals surface area (Å²) in [6.45, 7) is 2.41. The molecule has 1 amide bonds. The Balaban J connectivity index is 2.08. The van der Waals surface area contributed by atoms with Gasteiger partial charge in [0.15, 0.2) is 0 Å². The van der Waals surface area contributed by atoms with Crippen molar-refractivity contribution in [1.82, 2.24) is 5.32 Å². The summed E-state index contributed by atoms with van der Waals surface area (Å²) in [6, 6.07) is 6.97. The van der Waals surface area contributed by atoms with E-state index in [1.165, 1.54) is 7.11 Å². The van der Waals surface area contributed by atoms with E-state index in [1.54, 1.807) is 0 Å². The monoisotopic (exact) mass is 296 g/mol. The second-order valence-corrected chi connectivity index (χ2v) is 5.91. The molecule has 1 fully saturated rings. The Hall–Kier alpha value is -1.10. The Morgan fingerprint density at radius 1 is 1.50 bits per heavy atom. The van der Waals surface area contributed by atoms with Gasteiger partial charge in [-0.3, -0.25) is 4.79 Å². The lowest BCUT2D eigenvalue weighted by atomic mass is 10.0. The maximum atomic E-state index is 12.1. The Labute approximate surface area is 124 Å². The lowest BCUT2D eigenvalue weighted by Crippen LogP contribution is -2.45. The van der Waals surface area contributed by atoms with Crippen LogP contribution in [0.4, 0.5) is 0 Å². The molecule has 1 aromatic rings. The number of nitrogens with two attached hydrogens (primary N) is 1. The van der Waals surface area contributed by atoms with Crippen LogP contribution in [-0.2, 0) is 9.53 Å². The van der Waals surface area contributed by atoms with E-state index in [2.05, 4.69) is 12.2 Å². The van der Waals surface area contributed by atoms with Crippen LogP contribution in [0.15, 0.2) is 24.3 Å². The van der Waals surface area contributed by atoms with Crippen LogP contribution in [0.3, 0.4) is 0 Å². The molecule has 0 aromatic heterocycles. The SMILES string of the molecule is COCC(N)C(=O)NC(c1ccc(Cl)cc1)C1CC1C. The van der Waals surface area contributed by atoms with Crippen LogP contribution in [0.2, 0.25) is 5.02 Å². The number of amides is 1. The average Bonchev–Trinajstić information content (AvgIpc) is 3.14. The van der Waals surface area contributed by atoms with Crippen molar-refractivity contribution in [3.05, 3.63) is 34.9 Å². The van der Waals surface area contributed by atoms with Gasteiger partial charge in [0.2, 0.25) is 5.91 Å². The summed E-state index contributed by atoms with van der Waals surface area (Å²) in [5.41, 5.74) is 6.85. The highest BCUT2D eigenvalue weighted by molar-refractivity contribution is 6.30. The number of hydrogen-bond donors (Lipinski definition) is 2. The number of hydrogen-bond acceptors (Lipinski definition) is 3. The molecule has 0 saturated heterocycles. The Bertz CT molecular complexity index is 463. The highest BCUT2D eigenvalue weighted by Gasteiger charge is 2.41. The van der Waals surface area contributed by atoms with Gasteiger partial charge in [0.05, 0.1) is 12.6 Å². The first-order valence-electron chi connectivity index (χ1n) is 6.83. The molecule has 1 aliphatic carbocycles. The summed E-state index contributed by atoms with van der Waals surface area (Å²) in [6.07, 6.45) is 1.12. The lowest BCUT2D eigenvalue weighted by Gasteiger charge is -2.21. The van der Waals surface area contributed by atoms with Gasteiger partial charge in [-0.1, -0.05) is 30.7 Å². The summed E-state index contributed by atoms with van der Waals surface area (Å²) < 4.78 is 4.92. The molecule has 0 radical (unpaired) electrons. The van der Waals surface area contributed by atoms with E-state index in [9.17, 15) is 4.79 Å². The molecular formula is C15H21ClN2O2. The molecule has 0 spiro atoms. The van der Waals surface area contributed by atoms with Crippen LogP contribution in [-0.4, -0.2) is 25.7 Å². The highest BCUT2D eigenvalue weighted by atomic mass is 35.5. The quantitative estimate of drug-likeness (QED) is 0.845. The van der Waals surface area contributed by atoms with Gasteiger partial charge in [-0.05, 0) is 36.0 Å². The van der Waals surface area contributed by atoms with Gasteiger partial charge < -0.3 is 15.8 Å². The highest BCUT2D eigenvalue weighted by Crippen LogP contribution is 2.47. The molecule has 20 heavy (non-hydrogen) atoms. The molecule has 4 atom stereocenters. The van der Waals surface area contributed by atoms with Crippen molar-refractivity contribution in [3.8, 4) is 0 Å². The molecule has 5 heteroatoms.